The van der Waals surface area contributed by atoms with Gasteiger partial charge in [-0.25, -0.2) is 0 Å². The van der Waals surface area contributed by atoms with Gasteiger partial charge in [-0.05, 0) is 20.8 Å². The predicted octanol–water partition coefficient (Wildman–Crippen LogP) is 1.61. The first-order valence-corrected chi connectivity index (χ1v) is 4.06. The molecule has 6 heteroatoms. The Bertz CT molecular complexity index is 208. The van der Waals surface area contributed by atoms with E-state index >= 15 is 0 Å². The maximum Gasteiger partial charge on any atom is 0.391 e. The Morgan fingerprint density at radius 3 is 2.07 bits per heavy atom. The molecule has 14 heavy (non-hydrogen) atoms. The van der Waals surface area contributed by atoms with E-state index in [1.807, 2.05) is 0 Å². The van der Waals surface area contributed by atoms with Crippen LogP contribution in [0.1, 0.15) is 27.2 Å². The molecule has 0 fully saturated rings. The number of carbonyl (C=O) groups excluding carboxylic acids is 1. The topological polar surface area (TPSA) is 52.3 Å². The Kier molecular flexibility index (Phi) is 3.93. The first kappa shape index (κ1) is 13.2. The molecule has 2 N–H and O–H groups in total. The molecule has 0 rings (SSSR count). The summed E-state index contributed by atoms with van der Waals surface area (Å²) >= 11 is 0. The van der Waals surface area contributed by atoms with E-state index in [0.717, 1.165) is 0 Å². The van der Waals surface area contributed by atoms with E-state index in [0.29, 0.717) is 0 Å². The van der Waals surface area contributed by atoms with Crippen molar-refractivity contribution in [3.63, 3.8) is 0 Å². The van der Waals surface area contributed by atoms with Crippen molar-refractivity contribution in [1.29, 1.82) is 0 Å². The lowest BCUT2D eigenvalue weighted by Crippen LogP contribution is -2.40. The van der Waals surface area contributed by atoms with Gasteiger partial charge in [0.25, 0.3) is 0 Å². The van der Waals surface area contributed by atoms with Gasteiger partial charge in [-0.3, -0.25) is 4.79 Å². The minimum atomic E-state index is -4.45. The van der Waals surface area contributed by atoms with E-state index in [1.165, 1.54) is 0 Å². The number of halogens is 3. The van der Waals surface area contributed by atoms with Crippen LogP contribution in [0.15, 0.2) is 0 Å². The standard InChI is InChI=1S/C8H14F3NO2/c1-7(2,3)14-6(13)5(12)4-8(9,10)11/h5H,4,12H2,1-3H3/t5-/m0/s1. The van der Waals surface area contributed by atoms with Gasteiger partial charge in [0.05, 0.1) is 6.42 Å². The molecule has 3 nitrogen and oxygen atoms in total. The van der Waals surface area contributed by atoms with Crippen LogP contribution in [0.5, 0.6) is 0 Å². The van der Waals surface area contributed by atoms with E-state index in [1.54, 1.807) is 20.8 Å². The summed E-state index contributed by atoms with van der Waals surface area (Å²) in [6, 6.07) is -1.64. The highest BCUT2D eigenvalue weighted by molar-refractivity contribution is 5.75. The van der Waals surface area contributed by atoms with Crippen molar-refractivity contribution in [1.82, 2.24) is 0 Å². The Hall–Kier alpha value is -0.780. The van der Waals surface area contributed by atoms with Gasteiger partial charge in [-0.2, -0.15) is 13.2 Å². The maximum absolute atomic E-state index is 11.8. The molecule has 0 unspecified atom stereocenters. The van der Waals surface area contributed by atoms with Gasteiger partial charge >= 0.3 is 12.1 Å². The second-order valence-electron chi connectivity index (χ2n) is 3.96. The summed E-state index contributed by atoms with van der Waals surface area (Å²) in [5, 5.41) is 0. The molecule has 0 radical (unpaired) electrons. The van der Waals surface area contributed by atoms with Crippen LogP contribution < -0.4 is 5.73 Å². The number of nitrogens with two attached hydrogens (primary N) is 1. The Balaban J connectivity index is 4.15. The lowest BCUT2D eigenvalue weighted by Gasteiger charge is -2.22. The third-order valence-electron chi connectivity index (χ3n) is 1.16. The van der Waals surface area contributed by atoms with Crippen molar-refractivity contribution >= 4 is 5.97 Å². The van der Waals surface area contributed by atoms with Crippen molar-refractivity contribution in [3.8, 4) is 0 Å². The predicted molar refractivity (Wildman–Crippen MR) is 44.5 cm³/mol. The second kappa shape index (κ2) is 4.16. The first-order chi connectivity index (χ1) is 6.01. The number of rotatable bonds is 2. The zero-order chi connectivity index (χ0) is 11.6. The summed E-state index contributed by atoms with van der Waals surface area (Å²) in [7, 11) is 0. The molecule has 0 saturated carbocycles. The molecular weight excluding hydrogens is 199 g/mol. The Morgan fingerprint density at radius 2 is 1.79 bits per heavy atom. The van der Waals surface area contributed by atoms with Crippen molar-refractivity contribution in [2.45, 2.75) is 45.0 Å². The summed E-state index contributed by atoms with van der Waals surface area (Å²) in [6.45, 7) is 4.68. The van der Waals surface area contributed by atoms with Crippen molar-refractivity contribution in [2.24, 2.45) is 5.73 Å². The maximum atomic E-state index is 11.8. The number of carbonyl (C=O) groups is 1. The van der Waals surface area contributed by atoms with Gasteiger partial charge in [-0.1, -0.05) is 0 Å². The fourth-order valence-corrected chi connectivity index (χ4v) is 0.710. The SMILES string of the molecule is CC(C)(C)OC(=O)[C@@H](N)CC(F)(F)F. The number of alkyl halides is 3. The molecule has 84 valence electrons. The van der Waals surface area contributed by atoms with Crippen LogP contribution in [-0.4, -0.2) is 23.8 Å². The summed E-state index contributed by atoms with van der Waals surface area (Å²) in [5.41, 5.74) is 4.20. The molecule has 0 heterocycles. The zero-order valence-corrected chi connectivity index (χ0v) is 8.31. The van der Waals surface area contributed by atoms with Gasteiger partial charge in [-0.15, -0.1) is 0 Å². The van der Waals surface area contributed by atoms with E-state index in [-0.39, 0.29) is 0 Å². The van der Waals surface area contributed by atoms with E-state index in [9.17, 15) is 18.0 Å². The van der Waals surface area contributed by atoms with Gasteiger partial charge in [0.2, 0.25) is 0 Å². The normalized spacial score (nSPS) is 15.1. The number of esters is 1. The molecule has 0 saturated heterocycles. The molecule has 0 aliphatic carbocycles. The van der Waals surface area contributed by atoms with E-state index in [2.05, 4.69) is 4.74 Å². The lowest BCUT2D eigenvalue weighted by atomic mass is 10.1. The zero-order valence-electron chi connectivity index (χ0n) is 8.31. The third kappa shape index (κ3) is 6.71. The molecule has 0 aromatic rings. The number of ether oxygens (including phenoxy) is 1. The van der Waals surface area contributed by atoms with Gasteiger partial charge in [0.15, 0.2) is 0 Å². The molecule has 1 atom stereocenters. The minimum Gasteiger partial charge on any atom is -0.459 e. The highest BCUT2D eigenvalue weighted by Gasteiger charge is 2.35. The fraction of sp³-hybridized carbons (Fsp3) is 0.875. The minimum absolute atomic E-state index is 0.819. The number of hydrogen-bond donors (Lipinski definition) is 1. The van der Waals surface area contributed by atoms with Gasteiger partial charge in [0, 0.05) is 0 Å². The molecule has 0 aliphatic rings. The summed E-state index contributed by atoms with van der Waals surface area (Å²) in [6.07, 6.45) is -5.81. The van der Waals surface area contributed by atoms with Gasteiger partial charge in [0.1, 0.15) is 11.6 Å². The van der Waals surface area contributed by atoms with Crippen LogP contribution in [0, 0.1) is 0 Å². The Morgan fingerprint density at radius 1 is 1.36 bits per heavy atom. The van der Waals surface area contributed by atoms with Crippen molar-refractivity contribution < 1.29 is 22.7 Å². The summed E-state index contributed by atoms with van der Waals surface area (Å²) in [4.78, 5) is 11.0. The van der Waals surface area contributed by atoms with Crippen molar-refractivity contribution in [2.75, 3.05) is 0 Å². The molecule has 0 aromatic carbocycles. The largest absolute Gasteiger partial charge is 0.459 e. The summed E-state index contributed by atoms with van der Waals surface area (Å²) < 4.78 is 40.1. The quantitative estimate of drug-likeness (QED) is 0.709. The molecule has 0 aliphatic heterocycles. The van der Waals surface area contributed by atoms with Crippen LogP contribution >= 0.6 is 0 Å². The molecule has 0 bridgehead atoms. The molecule has 0 amide bonds. The van der Waals surface area contributed by atoms with Crippen LogP contribution in [0.2, 0.25) is 0 Å². The average molecular weight is 213 g/mol. The first-order valence-electron chi connectivity index (χ1n) is 4.06. The van der Waals surface area contributed by atoms with E-state index < -0.39 is 30.2 Å². The smallest absolute Gasteiger partial charge is 0.391 e. The Labute approximate surface area is 80.4 Å². The van der Waals surface area contributed by atoms with Crippen LogP contribution in [0.25, 0.3) is 0 Å². The molecule has 0 aromatic heterocycles. The van der Waals surface area contributed by atoms with Crippen LogP contribution in [0.4, 0.5) is 13.2 Å². The number of hydrogen-bond acceptors (Lipinski definition) is 3. The monoisotopic (exact) mass is 213 g/mol. The third-order valence-corrected chi connectivity index (χ3v) is 1.16. The average Bonchev–Trinajstić information content (AvgIpc) is 1.78. The fourth-order valence-electron chi connectivity index (χ4n) is 0.710. The van der Waals surface area contributed by atoms with Crippen molar-refractivity contribution in [3.05, 3.63) is 0 Å². The van der Waals surface area contributed by atoms with Crippen LogP contribution in [0.3, 0.4) is 0 Å². The highest BCUT2D eigenvalue weighted by atomic mass is 19.4. The highest BCUT2D eigenvalue weighted by Crippen LogP contribution is 2.21. The van der Waals surface area contributed by atoms with E-state index in [4.69, 9.17) is 5.73 Å². The molecular formula is C8H14F3NO2. The molecule has 0 spiro atoms. The lowest BCUT2D eigenvalue weighted by molar-refractivity contribution is -0.168. The summed E-state index contributed by atoms with van der Waals surface area (Å²) in [5.74, 6) is -1.03. The second-order valence-corrected chi connectivity index (χ2v) is 3.96. The van der Waals surface area contributed by atoms with Gasteiger partial charge < -0.3 is 10.5 Å². The van der Waals surface area contributed by atoms with Crippen LogP contribution in [-0.2, 0) is 9.53 Å².